The van der Waals surface area contributed by atoms with Crippen LogP contribution in [-0.2, 0) is 11.2 Å². The lowest BCUT2D eigenvalue weighted by Gasteiger charge is -2.09. The highest BCUT2D eigenvalue weighted by molar-refractivity contribution is 9.10. The first-order valence-corrected chi connectivity index (χ1v) is 8.83. The van der Waals surface area contributed by atoms with Gasteiger partial charge in [-0.05, 0) is 42.7 Å². The average molecular weight is 419 g/mol. The predicted octanol–water partition coefficient (Wildman–Crippen LogP) is 4.59. The third kappa shape index (κ3) is 5.63. The number of hydrogen-bond acceptors (Lipinski definition) is 3. The first kappa shape index (κ1) is 19.0. The Labute approximate surface area is 160 Å². The minimum absolute atomic E-state index is 0.00602. The molecular formula is C19H17BrClN3O. The maximum atomic E-state index is 12.2. The molecule has 25 heavy (non-hydrogen) atoms. The molecule has 4 nitrogen and oxygen atoms in total. The smallest absolute Gasteiger partial charge is 0.267 e. The Morgan fingerprint density at radius 2 is 2.08 bits per heavy atom. The summed E-state index contributed by atoms with van der Waals surface area (Å²) in [6, 6.07) is 15.1. The second-order valence-corrected chi connectivity index (χ2v) is 6.67. The number of halogens is 2. The first-order chi connectivity index (χ1) is 12.0. The van der Waals surface area contributed by atoms with Crippen molar-refractivity contribution in [3.05, 3.63) is 74.9 Å². The number of benzene rings is 2. The quantitative estimate of drug-likeness (QED) is 0.410. The zero-order chi connectivity index (χ0) is 18.2. The first-order valence-electron chi connectivity index (χ1n) is 7.66. The molecule has 0 aliphatic carbocycles. The molecule has 0 aliphatic rings. The SMILES string of the molecule is Cc1ccc(Cl)cc1NC(=O)/C(C#N)=C\NCCc1ccccc1Br. The van der Waals surface area contributed by atoms with Gasteiger partial charge in [-0.25, -0.2) is 0 Å². The van der Waals surface area contributed by atoms with Crippen molar-refractivity contribution in [2.24, 2.45) is 0 Å². The Morgan fingerprint density at radius 1 is 1.32 bits per heavy atom. The zero-order valence-electron chi connectivity index (χ0n) is 13.6. The van der Waals surface area contributed by atoms with E-state index in [2.05, 4.69) is 26.6 Å². The number of amides is 1. The number of nitriles is 1. The lowest BCUT2D eigenvalue weighted by Crippen LogP contribution is -2.18. The van der Waals surface area contributed by atoms with Crippen LogP contribution < -0.4 is 10.6 Å². The van der Waals surface area contributed by atoms with Gasteiger partial charge in [-0.15, -0.1) is 0 Å². The number of hydrogen-bond donors (Lipinski definition) is 2. The van der Waals surface area contributed by atoms with Crippen molar-refractivity contribution < 1.29 is 4.79 Å². The molecule has 0 fully saturated rings. The molecule has 0 aromatic heterocycles. The zero-order valence-corrected chi connectivity index (χ0v) is 16.0. The summed E-state index contributed by atoms with van der Waals surface area (Å²) in [4.78, 5) is 12.2. The van der Waals surface area contributed by atoms with E-state index in [4.69, 9.17) is 11.6 Å². The second kappa shape index (κ2) is 9.26. The molecule has 0 unspecified atom stereocenters. The molecule has 2 aromatic carbocycles. The third-order valence-corrected chi connectivity index (χ3v) is 4.56. The van der Waals surface area contributed by atoms with Crippen LogP contribution in [0.25, 0.3) is 0 Å². The molecule has 0 spiro atoms. The van der Waals surface area contributed by atoms with E-state index in [0.29, 0.717) is 17.3 Å². The predicted molar refractivity (Wildman–Crippen MR) is 104 cm³/mol. The summed E-state index contributed by atoms with van der Waals surface area (Å²) in [5.74, 6) is -0.471. The normalized spacial score (nSPS) is 10.9. The van der Waals surface area contributed by atoms with E-state index in [0.717, 1.165) is 22.0 Å². The minimum atomic E-state index is -0.471. The Bertz CT molecular complexity index is 843. The van der Waals surface area contributed by atoms with Crippen LogP contribution >= 0.6 is 27.5 Å². The van der Waals surface area contributed by atoms with Crippen LogP contribution in [0.3, 0.4) is 0 Å². The number of nitrogens with one attached hydrogen (secondary N) is 2. The highest BCUT2D eigenvalue weighted by Crippen LogP contribution is 2.20. The summed E-state index contributed by atoms with van der Waals surface area (Å²) >= 11 is 9.43. The fourth-order valence-corrected chi connectivity index (χ4v) is 2.80. The highest BCUT2D eigenvalue weighted by Gasteiger charge is 2.11. The van der Waals surface area contributed by atoms with Crippen LogP contribution in [0.1, 0.15) is 11.1 Å². The summed E-state index contributed by atoms with van der Waals surface area (Å²) < 4.78 is 1.04. The number of carbonyl (C=O) groups is 1. The molecular weight excluding hydrogens is 402 g/mol. The summed E-state index contributed by atoms with van der Waals surface area (Å²) in [7, 11) is 0. The maximum Gasteiger partial charge on any atom is 0.267 e. The molecule has 0 radical (unpaired) electrons. The van der Waals surface area contributed by atoms with E-state index >= 15 is 0 Å². The highest BCUT2D eigenvalue weighted by atomic mass is 79.9. The van der Waals surface area contributed by atoms with Crippen molar-refractivity contribution in [2.45, 2.75) is 13.3 Å². The lowest BCUT2D eigenvalue weighted by molar-refractivity contribution is -0.112. The summed E-state index contributed by atoms with van der Waals surface area (Å²) in [5, 5.41) is 15.4. The van der Waals surface area contributed by atoms with Crippen molar-refractivity contribution in [3.8, 4) is 6.07 Å². The van der Waals surface area contributed by atoms with E-state index < -0.39 is 5.91 Å². The molecule has 0 heterocycles. The molecule has 0 atom stereocenters. The number of rotatable bonds is 6. The van der Waals surface area contributed by atoms with Crippen molar-refractivity contribution in [3.63, 3.8) is 0 Å². The van der Waals surface area contributed by atoms with E-state index in [1.165, 1.54) is 6.20 Å². The van der Waals surface area contributed by atoms with Crippen LogP contribution in [0, 0.1) is 18.3 Å². The second-order valence-electron chi connectivity index (χ2n) is 5.38. The van der Waals surface area contributed by atoms with Crippen LogP contribution in [0.4, 0.5) is 5.69 Å². The Morgan fingerprint density at radius 3 is 2.80 bits per heavy atom. The summed E-state index contributed by atoms with van der Waals surface area (Å²) in [6.45, 7) is 2.47. The molecule has 2 aromatic rings. The Hall–Kier alpha value is -2.29. The molecule has 2 rings (SSSR count). The van der Waals surface area contributed by atoms with Gasteiger partial charge >= 0.3 is 0 Å². The molecule has 0 saturated carbocycles. The number of carbonyl (C=O) groups excluding carboxylic acids is 1. The summed E-state index contributed by atoms with van der Waals surface area (Å²) in [6.07, 6.45) is 2.21. The van der Waals surface area contributed by atoms with Gasteiger partial charge in [0.25, 0.3) is 5.91 Å². The van der Waals surface area contributed by atoms with Gasteiger partial charge in [0.15, 0.2) is 0 Å². The third-order valence-electron chi connectivity index (χ3n) is 3.56. The van der Waals surface area contributed by atoms with Crippen LogP contribution in [-0.4, -0.2) is 12.5 Å². The summed E-state index contributed by atoms with van der Waals surface area (Å²) in [5.41, 5.74) is 2.62. The molecule has 0 bridgehead atoms. The van der Waals surface area contributed by atoms with Crippen molar-refractivity contribution in [1.82, 2.24) is 5.32 Å². The van der Waals surface area contributed by atoms with E-state index in [-0.39, 0.29) is 5.57 Å². The number of aryl methyl sites for hydroxylation is 1. The fourth-order valence-electron chi connectivity index (χ4n) is 2.15. The van der Waals surface area contributed by atoms with Gasteiger partial charge in [0.2, 0.25) is 0 Å². The van der Waals surface area contributed by atoms with E-state index in [1.807, 2.05) is 43.3 Å². The van der Waals surface area contributed by atoms with Crippen LogP contribution in [0.2, 0.25) is 5.02 Å². The van der Waals surface area contributed by atoms with Crippen molar-refractivity contribution >= 4 is 39.1 Å². The molecule has 0 saturated heterocycles. The molecule has 1 amide bonds. The minimum Gasteiger partial charge on any atom is -0.389 e. The van der Waals surface area contributed by atoms with Crippen molar-refractivity contribution in [2.75, 3.05) is 11.9 Å². The van der Waals surface area contributed by atoms with Gasteiger partial charge in [-0.3, -0.25) is 4.79 Å². The lowest BCUT2D eigenvalue weighted by atomic mass is 10.1. The van der Waals surface area contributed by atoms with E-state index in [1.54, 1.807) is 12.1 Å². The van der Waals surface area contributed by atoms with Gasteiger partial charge in [0, 0.05) is 27.9 Å². The van der Waals surface area contributed by atoms with Gasteiger partial charge < -0.3 is 10.6 Å². The van der Waals surface area contributed by atoms with Gasteiger partial charge in [0.1, 0.15) is 11.6 Å². The maximum absolute atomic E-state index is 12.2. The number of nitrogens with zero attached hydrogens (tertiary/aromatic N) is 1. The average Bonchev–Trinajstić information content (AvgIpc) is 2.59. The van der Waals surface area contributed by atoms with Crippen molar-refractivity contribution in [1.29, 1.82) is 5.26 Å². The van der Waals surface area contributed by atoms with Gasteiger partial charge in [0.05, 0.1) is 0 Å². The van der Waals surface area contributed by atoms with Crippen LogP contribution in [0.15, 0.2) is 58.7 Å². The van der Waals surface area contributed by atoms with Crippen LogP contribution in [0.5, 0.6) is 0 Å². The number of anilines is 1. The Kier molecular flexibility index (Phi) is 7.05. The monoisotopic (exact) mass is 417 g/mol. The molecule has 2 N–H and O–H groups in total. The van der Waals surface area contributed by atoms with E-state index in [9.17, 15) is 10.1 Å². The largest absolute Gasteiger partial charge is 0.389 e. The molecule has 6 heteroatoms. The molecule has 128 valence electrons. The van der Waals surface area contributed by atoms with Gasteiger partial charge in [-0.2, -0.15) is 5.26 Å². The molecule has 0 aliphatic heterocycles. The fraction of sp³-hybridized carbons (Fsp3) is 0.158. The van der Waals surface area contributed by atoms with Gasteiger partial charge in [-0.1, -0.05) is 51.8 Å². The Balaban J connectivity index is 1.95. The topological polar surface area (TPSA) is 64.9 Å². The standard InChI is InChI=1S/C19H17BrClN3O/c1-13-6-7-16(21)10-18(13)24-19(25)15(11-22)12-23-9-8-14-4-2-3-5-17(14)20/h2-7,10,12,23H,8-9H2,1H3,(H,24,25)/b15-12-.